The van der Waals surface area contributed by atoms with Crippen LogP contribution in [0.3, 0.4) is 0 Å². The molecule has 2 N–H and O–H groups in total. The number of hydrogen-bond donors (Lipinski definition) is 2. The predicted octanol–water partition coefficient (Wildman–Crippen LogP) is 4.15. The van der Waals surface area contributed by atoms with Crippen LogP contribution in [0.1, 0.15) is 60.3 Å². The second kappa shape index (κ2) is 8.35. The van der Waals surface area contributed by atoms with Gasteiger partial charge in [-0.3, -0.25) is 4.79 Å². The normalized spacial score (nSPS) is 23.2. The van der Waals surface area contributed by atoms with Gasteiger partial charge >= 0.3 is 12.1 Å². The predicted molar refractivity (Wildman–Crippen MR) is 109 cm³/mol. The molecule has 0 fully saturated rings. The first-order valence-corrected chi connectivity index (χ1v) is 12.6. The third-order valence-corrected chi connectivity index (χ3v) is 9.17. The van der Waals surface area contributed by atoms with E-state index in [1.807, 2.05) is 46.0 Å². The summed E-state index contributed by atoms with van der Waals surface area (Å²) in [5.41, 5.74) is -1.32. The first-order chi connectivity index (χ1) is 12.1. The molecule has 0 heterocycles. The Morgan fingerprint density at radius 3 is 2.33 bits per heavy atom. The van der Waals surface area contributed by atoms with Gasteiger partial charge in [0.05, 0.1) is 18.6 Å². The van der Waals surface area contributed by atoms with Crippen molar-refractivity contribution in [2.45, 2.75) is 90.1 Å². The van der Waals surface area contributed by atoms with Crippen molar-refractivity contribution in [3.05, 3.63) is 12.2 Å². The summed E-state index contributed by atoms with van der Waals surface area (Å²) in [4.78, 5) is 35.0. The molecule has 0 aromatic rings. The first-order valence-electron chi connectivity index (χ1n) is 9.62. The highest BCUT2D eigenvalue weighted by Gasteiger charge is 2.44. The monoisotopic (exact) mass is 399 g/mol. The van der Waals surface area contributed by atoms with Gasteiger partial charge in [0.1, 0.15) is 5.60 Å². The van der Waals surface area contributed by atoms with E-state index in [1.54, 1.807) is 0 Å². The van der Waals surface area contributed by atoms with Crippen LogP contribution in [0.4, 0.5) is 4.79 Å². The number of carbonyl (C=O) groups excluding carboxylic acids is 2. The zero-order chi connectivity index (χ0) is 21.1. The first kappa shape index (κ1) is 23.7. The Morgan fingerprint density at radius 2 is 1.85 bits per heavy atom. The fourth-order valence-electron chi connectivity index (χ4n) is 3.18. The van der Waals surface area contributed by atoms with Crippen molar-refractivity contribution in [3.63, 3.8) is 0 Å². The molecule has 2 atom stereocenters. The van der Waals surface area contributed by atoms with Crippen LogP contribution in [-0.2, 0) is 14.3 Å². The Hall–Kier alpha value is -1.34. The van der Waals surface area contributed by atoms with Crippen molar-refractivity contribution >= 4 is 20.4 Å². The highest BCUT2D eigenvalue weighted by Crippen LogP contribution is 2.44. The summed E-state index contributed by atoms with van der Waals surface area (Å²) in [5.74, 6) is -0.287. The van der Waals surface area contributed by atoms with Gasteiger partial charge in [-0.25, -0.2) is 4.79 Å². The highest BCUT2D eigenvalue weighted by atomic mass is 28.4. The number of nitrogens with one attached hydrogen (secondary N) is 1. The number of esters is 1. The molecule has 1 rings (SSSR count). The second-order valence-corrected chi connectivity index (χ2v) is 14.2. The number of hydrogen-bond acceptors (Lipinski definition) is 5. The average Bonchev–Trinajstić information content (AvgIpc) is 2.87. The summed E-state index contributed by atoms with van der Waals surface area (Å²) < 4.78 is 10.3. The van der Waals surface area contributed by atoms with E-state index in [-0.39, 0.29) is 17.0 Å². The molecule has 0 saturated heterocycles. The van der Waals surface area contributed by atoms with Crippen LogP contribution >= 0.6 is 0 Å². The van der Waals surface area contributed by atoms with Crippen LogP contribution in [0.5, 0.6) is 0 Å². The molecule has 0 aliphatic heterocycles. The van der Waals surface area contributed by atoms with Crippen LogP contribution in [0.25, 0.3) is 0 Å². The zero-order valence-corrected chi connectivity index (χ0v) is 19.1. The zero-order valence-electron chi connectivity index (χ0n) is 18.1. The Kier molecular flexibility index (Phi) is 7.33. The van der Waals surface area contributed by atoms with Gasteiger partial charge < -0.3 is 19.6 Å². The molecule has 156 valence electrons. The molecule has 7 heteroatoms. The van der Waals surface area contributed by atoms with Crippen LogP contribution in [0.2, 0.25) is 18.1 Å². The van der Waals surface area contributed by atoms with E-state index in [0.717, 1.165) is 12.8 Å². The topological polar surface area (TPSA) is 84.9 Å². The van der Waals surface area contributed by atoms with E-state index in [0.29, 0.717) is 12.8 Å². The molecule has 0 aromatic heterocycles. The minimum atomic E-state index is -2.29. The lowest BCUT2D eigenvalue weighted by atomic mass is 9.81. The van der Waals surface area contributed by atoms with E-state index < -0.39 is 25.4 Å². The van der Waals surface area contributed by atoms with E-state index in [4.69, 9.17) is 9.47 Å². The molecule has 0 aromatic carbocycles. The van der Waals surface area contributed by atoms with Gasteiger partial charge in [0.15, 0.2) is 8.32 Å². The molecule has 6 nitrogen and oxygen atoms in total. The van der Waals surface area contributed by atoms with Gasteiger partial charge in [-0.05, 0) is 58.2 Å². The molecule has 0 spiro atoms. The van der Waals surface area contributed by atoms with Gasteiger partial charge in [-0.2, -0.15) is 0 Å². The van der Waals surface area contributed by atoms with Crippen molar-refractivity contribution in [2.24, 2.45) is 5.41 Å². The van der Waals surface area contributed by atoms with Crippen molar-refractivity contribution < 1.29 is 23.9 Å². The van der Waals surface area contributed by atoms with Crippen molar-refractivity contribution in [1.82, 2.24) is 5.32 Å². The van der Waals surface area contributed by atoms with E-state index in [2.05, 4.69) is 19.2 Å². The van der Waals surface area contributed by atoms with E-state index >= 15 is 0 Å². The summed E-state index contributed by atoms with van der Waals surface area (Å²) in [7, 11) is -0.898. The molecular formula is C20H37NO5Si. The lowest BCUT2D eigenvalue weighted by Gasteiger charge is -2.36. The van der Waals surface area contributed by atoms with Crippen molar-refractivity contribution in [1.29, 1.82) is 0 Å². The smallest absolute Gasteiger partial charge is 0.408 e. The molecule has 0 saturated carbocycles. The Balaban J connectivity index is 2.74. The lowest BCUT2D eigenvalue weighted by molar-refractivity contribution is -0.150. The maximum atomic E-state index is 12.5. The SMILES string of the molecule is COC(=O)[C@@]1(CCCC(C)(C)[Si](C)(C)O)C=C[C@@H](NC(=O)OC(C)(C)C)C1. The van der Waals surface area contributed by atoms with Crippen LogP contribution < -0.4 is 5.32 Å². The third-order valence-electron chi connectivity index (χ3n) is 5.61. The molecule has 0 bridgehead atoms. The average molecular weight is 400 g/mol. The van der Waals surface area contributed by atoms with Crippen LogP contribution in [0, 0.1) is 5.41 Å². The second-order valence-electron chi connectivity index (χ2n) is 9.76. The molecule has 0 radical (unpaired) electrons. The highest BCUT2D eigenvalue weighted by molar-refractivity contribution is 6.72. The standard InChI is InChI=1S/C20H37NO5Si/c1-18(2,3)26-17(23)21-15-10-13-20(14-15,16(22)25-6)12-9-11-19(4,5)27(7,8)24/h10,13,15,24H,9,11-12,14H2,1-8H3,(H,21,23)/t15-,20+/m1/s1. The number of methoxy groups -OCH3 is 1. The quantitative estimate of drug-likeness (QED) is 0.382. The maximum absolute atomic E-state index is 12.5. The van der Waals surface area contributed by atoms with Crippen LogP contribution in [-0.4, -0.2) is 43.9 Å². The van der Waals surface area contributed by atoms with E-state index in [1.165, 1.54) is 7.11 Å². The molecule has 1 amide bonds. The van der Waals surface area contributed by atoms with Crippen molar-refractivity contribution in [2.75, 3.05) is 7.11 Å². The Labute approximate surface area is 164 Å². The molecular weight excluding hydrogens is 362 g/mol. The number of alkyl carbamates (subject to hydrolysis) is 1. The summed E-state index contributed by atoms with van der Waals surface area (Å²) in [6.45, 7) is 13.5. The molecule has 0 unspecified atom stereocenters. The minimum Gasteiger partial charge on any atom is -0.468 e. The Morgan fingerprint density at radius 1 is 1.26 bits per heavy atom. The largest absolute Gasteiger partial charge is 0.468 e. The van der Waals surface area contributed by atoms with Gasteiger partial charge in [-0.1, -0.05) is 32.4 Å². The summed E-state index contributed by atoms with van der Waals surface area (Å²) >= 11 is 0. The van der Waals surface area contributed by atoms with Gasteiger partial charge in [0.2, 0.25) is 0 Å². The summed E-state index contributed by atoms with van der Waals surface area (Å²) in [6, 6.07) is -0.268. The van der Waals surface area contributed by atoms with Gasteiger partial charge in [-0.15, -0.1) is 0 Å². The number of rotatable bonds is 7. The Bertz CT molecular complexity index is 574. The van der Waals surface area contributed by atoms with Gasteiger partial charge in [0.25, 0.3) is 0 Å². The van der Waals surface area contributed by atoms with E-state index in [9.17, 15) is 14.4 Å². The molecule has 1 aliphatic rings. The number of carbonyl (C=O) groups is 2. The molecule has 1 aliphatic carbocycles. The fourth-order valence-corrected chi connectivity index (χ4v) is 3.97. The summed E-state index contributed by atoms with van der Waals surface area (Å²) in [6.07, 6.45) is 5.91. The van der Waals surface area contributed by atoms with Crippen LogP contribution in [0.15, 0.2) is 12.2 Å². The number of ether oxygens (including phenoxy) is 2. The fraction of sp³-hybridized carbons (Fsp3) is 0.800. The maximum Gasteiger partial charge on any atom is 0.408 e. The minimum absolute atomic E-state index is 0.138. The number of amides is 1. The van der Waals surface area contributed by atoms with Gasteiger partial charge in [0, 0.05) is 0 Å². The third kappa shape index (κ3) is 6.64. The molecule has 27 heavy (non-hydrogen) atoms. The summed E-state index contributed by atoms with van der Waals surface area (Å²) in [5, 5.41) is 2.67. The lowest BCUT2D eigenvalue weighted by Crippen LogP contribution is -2.41. The van der Waals surface area contributed by atoms with Crippen molar-refractivity contribution in [3.8, 4) is 0 Å².